The minimum absolute atomic E-state index is 0.324. The quantitative estimate of drug-likeness (QED) is 0.347. The van der Waals surface area contributed by atoms with Crippen LogP contribution in [-0.2, 0) is 6.54 Å². The van der Waals surface area contributed by atoms with E-state index in [1.807, 2.05) is 6.07 Å². The molecule has 8 nitrogen and oxygen atoms in total. The van der Waals surface area contributed by atoms with Crippen molar-refractivity contribution in [3.8, 4) is 17.4 Å². The van der Waals surface area contributed by atoms with Crippen molar-refractivity contribution >= 4 is 17.6 Å². The van der Waals surface area contributed by atoms with Crippen LogP contribution in [0.25, 0.3) is 0 Å². The molecule has 9 heteroatoms. The molecule has 1 unspecified atom stereocenters. The normalized spacial score (nSPS) is 16.8. The summed E-state index contributed by atoms with van der Waals surface area (Å²) in [5.41, 5.74) is 1.17. The van der Waals surface area contributed by atoms with Crippen LogP contribution in [0.2, 0.25) is 5.02 Å². The highest BCUT2D eigenvalue weighted by atomic mass is 35.5. The lowest BCUT2D eigenvalue weighted by molar-refractivity contribution is 0.309. The topological polar surface area (TPSA) is 80.2 Å². The Morgan fingerprint density at radius 3 is 2.71 bits per heavy atom. The van der Waals surface area contributed by atoms with Gasteiger partial charge in [-0.1, -0.05) is 11.6 Å². The zero-order valence-corrected chi connectivity index (χ0v) is 19.0. The maximum atomic E-state index is 6.05. The fraction of sp³-hybridized carbons (Fsp3) is 0.455. The molecule has 1 aromatic carbocycles. The van der Waals surface area contributed by atoms with Crippen LogP contribution in [0, 0.1) is 0 Å². The van der Waals surface area contributed by atoms with Crippen molar-refractivity contribution < 1.29 is 14.2 Å². The van der Waals surface area contributed by atoms with Crippen LogP contribution in [0.5, 0.6) is 17.4 Å². The first-order valence-corrected chi connectivity index (χ1v) is 10.6. The van der Waals surface area contributed by atoms with Crippen molar-refractivity contribution in [2.24, 2.45) is 4.99 Å². The third-order valence-corrected chi connectivity index (χ3v) is 5.30. The Morgan fingerprint density at radius 1 is 1.26 bits per heavy atom. The van der Waals surface area contributed by atoms with Gasteiger partial charge in [-0.2, -0.15) is 0 Å². The van der Waals surface area contributed by atoms with Crippen LogP contribution >= 0.6 is 11.6 Å². The second-order valence-corrected chi connectivity index (χ2v) is 7.63. The van der Waals surface area contributed by atoms with Gasteiger partial charge in [0.25, 0.3) is 0 Å². The number of benzene rings is 1. The molecule has 0 bridgehead atoms. The number of hydrogen-bond acceptors (Lipinski definition) is 6. The summed E-state index contributed by atoms with van der Waals surface area (Å²) in [6.45, 7) is 3.81. The van der Waals surface area contributed by atoms with E-state index < -0.39 is 0 Å². The first-order valence-electron chi connectivity index (χ1n) is 10.3. The molecule has 1 fully saturated rings. The zero-order valence-electron chi connectivity index (χ0n) is 18.2. The Bertz CT molecular complexity index is 858. The van der Waals surface area contributed by atoms with Crippen LogP contribution in [0.1, 0.15) is 12.0 Å². The van der Waals surface area contributed by atoms with Crippen molar-refractivity contribution in [1.29, 1.82) is 0 Å². The minimum Gasteiger partial charge on any atom is -0.497 e. The number of ether oxygens (including phenoxy) is 3. The van der Waals surface area contributed by atoms with Crippen molar-refractivity contribution in [1.82, 2.24) is 20.5 Å². The van der Waals surface area contributed by atoms with E-state index in [1.54, 1.807) is 39.6 Å². The third kappa shape index (κ3) is 6.90. The SMILES string of the molecule is CN=C(NCCOc1ncccc1Cl)NC1CCN(Cc2cc(OC)cc(OC)c2)C1. The number of pyridine rings is 1. The van der Waals surface area contributed by atoms with Gasteiger partial charge in [-0.25, -0.2) is 4.98 Å². The maximum Gasteiger partial charge on any atom is 0.232 e. The molecule has 168 valence electrons. The van der Waals surface area contributed by atoms with E-state index in [1.165, 1.54) is 5.56 Å². The van der Waals surface area contributed by atoms with Crippen LogP contribution in [-0.4, -0.2) is 69.4 Å². The summed E-state index contributed by atoms with van der Waals surface area (Å²) in [6.07, 6.45) is 2.70. The summed E-state index contributed by atoms with van der Waals surface area (Å²) >= 11 is 6.05. The Kier molecular flexibility index (Phi) is 8.61. The number of likely N-dealkylation sites (tertiary alicyclic amines) is 1. The molecule has 3 rings (SSSR count). The average molecular weight is 448 g/mol. The molecule has 0 amide bonds. The zero-order chi connectivity index (χ0) is 22.1. The molecule has 1 aliphatic heterocycles. The van der Waals surface area contributed by atoms with Gasteiger partial charge >= 0.3 is 0 Å². The predicted octanol–water partition coefficient (Wildman–Crippen LogP) is 2.57. The molecule has 2 heterocycles. The number of guanidine groups is 1. The van der Waals surface area contributed by atoms with Gasteiger partial charge in [0.05, 0.1) is 20.8 Å². The molecule has 0 saturated carbocycles. The fourth-order valence-electron chi connectivity index (χ4n) is 3.49. The maximum absolute atomic E-state index is 6.05. The number of aromatic nitrogens is 1. The first-order chi connectivity index (χ1) is 15.1. The molecule has 1 atom stereocenters. The molecular formula is C22H30ClN5O3. The summed E-state index contributed by atoms with van der Waals surface area (Å²) in [5, 5.41) is 7.26. The fourth-order valence-corrected chi connectivity index (χ4v) is 3.67. The highest BCUT2D eigenvalue weighted by molar-refractivity contribution is 6.31. The second-order valence-electron chi connectivity index (χ2n) is 7.22. The lowest BCUT2D eigenvalue weighted by Crippen LogP contribution is -2.45. The molecule has 1 aromatic heterocycles. The van der Waals surface area contributed by atoms with E-state index >= 15 is 0 Å². The van der Waals surface area contributed by atoms with Crippen LogP contribution < -0.4 is 24.8 Å². The van der Waals surface area contributed by atoms with E-state index in [0.717, 1.165) is 43.5 Å². The molecular weight excluding hydrogens is 418 g/mol. The van der Waals surface area contributed by atoms with E-state index in [0.29, 0.717) is 30.1 Å². The number of halogens is 1. The van der Waals surface area contributed by atoms with Crippen LogP contribution in [0.4, 0.5) is 0 Å². The van der Waals surface area contributed by atoms with Gasteiger partial charge in [0, 0.05) is 45.0 Å². The number of aliphatic imine (C=N–C) groups is 1. The Hall–Kier alpha value is -2.71. The molecule has 0 radical (unpaired) electrons. The summed E-state index contributed by atoms with van der Waals surface area (Å²) in [7, 11) is 5.10. The van der Waals surface area contributed by atoms with Gasteiger partial charge in [-0.05, 0) is 36.2 Å². The van der Waals surface area contributed by atoms with Gasteiger partial charge in [0.2, 0.25) is 5.88 Å². The van der Waals surface area contributed by atoms with Gasteiger partial charge in [0.1, 0.15) is 23.1 Å². The molecule has 1 aliphatic rings. The van der Waals surface area contributed by atoms with Gasteiger partial charge in [0.15, 0.2) is 5.96 Å². The van der Waals surface area contributed by atoms with Crippen molar-refractivity contribution in [3.63, 3.8) is 0 Å². The number of rotatable bonds is 9. The lowest BCUT2D eigenvalue weighted by atomic mass is 10.2. The third-order valence-electron chi connectivity index (χ3n) is 5.01. The molecule has 0 aliphatic carbocycles. The van der Waals surface area contributed by atoms with Crippen molar-refractivity contribution in [2.45, 2.75) is 19.0 Å². The van der Waals surface area contributed by atoms with Gasteiger partial charge in [-0.3, -0.25) is 9.89 Å². The number of methoxy groups -OCH3 is 2. The standard InChI is InChI=1S/C22H30ClN5O3/c1-24-22(26-8-10-31-21-20(23)5-4-7-25-21)27-17-6-9-28(15-17)14-16-11-18(29-2)13-19(12-16)30-3/h4-5,7,11-13,17H,6,8-10,14-15H2,1-3H3,(H2,24,26,27). The predicted molar refractivity (Wildman–Crippen MR) is 122 cm³/mol. The molecule has 2 aromatic rings. The van der Waals surface area contributed by atoms with Crippen LogP contribution in [0.3, 0.4) is 0 Å². The van der Waals surface area contributed by atoms with E-state index in [9.17, 15) is 0 Å². The van der Waals surface area contributed by atoms with Gasteiger partial charge in [-0.15, -0.1) is 0 Å². The molecule has 2 N–H and O–H groups in total. The summed E-state index contributed by atoms with van der Waals surface area (Å²) < 4.78 is 16.4. The molecule has 31 heavy (non-hydrogen) atoms. The Morgan fingerprint density at radius 2 is 2.03 bits per heavy atom. The van der Waals surface area contributed by atoms with E-state index in [-0.39, 0.29) is 0 Å². The van der Waals surface area contributed by atoms with E-state index in [2.05, 4.69) is 37.6 Å². The summed E-state index contributed by atoms with van der Waals surface area (Å²) in [6, 6.07) is 9.85. The average Bonchev–Trinajstić information content (AvgIpc) is 3.23. The highest BCUT2D eigenvalue weighted by Gasteiger charge is 2.23. The highest BCUT2D eigenvalue weighted by Crippen LogP contribution is 2.24. The Labute approximate surface area is 188 Å². The minimum atomic E-state index is 0.324. The summed E-state index contributed by atoms with van der Waals surface area (Å²) in [4.78, 5) is 10.8. The smallest absolute Gasteiger partial charge is 0.232 e. The summed E-state index contributed by atoms with van der Waals surface area (Å²) in [5.74, 6) is 2.81. The largest absolute Gasteiger partial charge is 0.497 e. The van der Waals surface area contributed by atoms with Crippen LogP contribution in [0.15, 0.2) is 41.5 Å². The second kappa shape index (κ2) is 11.6. The van der Waals surface area contributed by atoms with Gasteiger partial charge < -0.3 is 24.8 Å². The molecule has 0 spiro atoms. The first kappa shape index (κ1) is 23.0. The molecule has 1 saturated heterocycles. The monoisotopic (exact) mass is 447 g/mol. The number of hydrogen-bond donors (Lipinski definition) is 2. The number of nitrogens with zero attached hydrogens (tertiary/aromatic N) is 3. The van der Waals surface area contributed by atoms with Crippen molar-refractivity contribution in [3.05, 3.63) is 47.1 Å². The lowest BCUT2D eigenvalue weighted by Gasteiger charge is -2.19. The van der Waals surface area contributed by atoms with Crippen molar-refractivity contribution in [2.75, 3.05) is 47.5 Å². The number of nitrogens with one attached hydrogen (secondary N) is 2. The van der Waals surface area contributed by atoms with E-state index in [4.69, 9.17) is 25.8 Å². The Balaban J connectivity index is 1.42.